The minimum absolute atomic E-state index is 0.0266. The van der Waals surface area contributed by atoms with Crippen LogP contribution in [0.4, 0.5) is 5.69 Å². The Morgan fingerprint density at radius 1 is 1.38 bits per heavy atom. The third-order valence-electron chi connectivity index (χ3n) is 1.94. The molecular weight excluding hydrogens is 232 g/mol. The molecule has 0 spiro atoms. The lowest BCUT2D eigenvalue weighted by Gasteiger charge is -2.16. The molecule has 0 aromatic heterocycles. The number of methoxy groups -OCH3 is 1. The van der Waals surface area contributed by atoms with Crippen molar-refractivity contribution in [3.8, 4) is 11.5 Å². The maximum absolute atomic E-state index is 11.6. The van der Waals surface area contributed by atoms with Crippen LogP contribution in [0, 0.1) is 0 Å². The van der Waals surface area contributed by atoms with Crippen LogP contribution in [0.15, 0.2) is 18.2 Å². The molecular formula is C9H14N2O4S. The third-order valence-corrected chi connectivity index (χ3v) is 3.36. The quantitative estimate of drug-likeness (QED) is 0.763. The molecule has 1 rings (SSSR count). The van der Waals surface area contributed by atoms with Gasteiger partial charge in [0.05, 0.1) is 7.11 Å². The second kappa shape index (κ2) is 4.58. The Morgan fingerprint density at radius 3 is 2.50 bits per heavy atom. The number of benzene rings is 1. The normalized spacial score (nSPS) is 11.5. The summed E-state index contributed by atoms with van der Waals surface area (Å²) in [7, 11) is 0.496. The van der Waals surface area contributed by atoms with Crippen LogP contribution < -0.4 is 9.46 Å². The summed E-state index contributed by atoms with van der Waals surface area (Å²) in [6, 6.07) is 4.48. The van der Waals surface area contributed by atoms with E-state index >= 15 is 0 Å². The average Bonchev–Trinajstić information content (AvgIpc) is 2.20. The lowest BCUT2D eigenvalue weighted by molar-refractivity contribution is 0.410. The van der Waals surface area contributed by atoms with Gasteiger partial charge in [0, 0.05) is 14.1 Å². The Balaban J connectivity index is 3.15. The first-order valence-corrected chi connectivity index (χ1v) is 5.88. The first kappa shape index (κ1) is 12.6. The van der Waals surface area contributed by atoms with Crippen molar-refractivity contribution in [3.63, 3.8) is 0 Å². The van der Waals surface area contributed by atoms with Crippen LogP contribution in [0.5, 0.6) is 11.5 Å². The van der Waals surface area contributed by atoms with Crippen LogP contribution in [-0.2, 0) is 10.2 Å². The predicted octanol–water partition coefficient (Wildman–Crippen LogP) is 0.619. The van der Waals surface area contributed by atoms with E-state index in [1.165, 1.54) is 27.3 Å². The van der Waals surface area contributed by atoms with Crippen molar-refractivity contribution in [2.45, 2.75) is 0 Å². The Labute approximate surface area is 94.6 Å². The van der Waals surface area contributed by atoms with E-state index in [2.05, 4.69) is 4.72 Å². The number of nitrogens with one attached hydrogen (secondary N) is 1. The molecule has 0 bridgehead atoms. The van der Waals surface area contributed by atoms with Gasteiger partial charge in [-0.3, -0.25) is 4.72 Å². The summed E-state index contributed by atoms with van der Waals surface area (Å²) in [5, 5.41) is 9.54. The van der Waals surface area contributed by atoms with Gasteiger partial charge in [-0.1, -0.05) is 6.07 Å². The number of phenolic OH excluding ortho intramolecular Hbond substituents is 1. The fourth-order valence-electron chi connectivity index (χ4n) is 1.01. The maximum atomic E-state index is 11.6. The third kappa shape index (κ3) is 2.56. The van der Waals surface area contributed by atoms with Crippen molar-refractivity contribution in [1.82, 2.24) is 4.31 Å². The van der Waals surface area contributed by atoms with Crippen LogP contribution in [0.1, 0.15) is 0 Å². The first-order valence-electron chi connectivity index (χ1n) is 4.44. The Kier molecular flexibility index (Phi) is 3.61. The zero-order valence-electron chi connectivity index (χ0n) is 9.26. The Hall–Kier alpha value is -1.47. The SMILES string of the molecule is COc1cccc(O)c1NS(=O)(=O)N(C)C. The molecule has 0 radical (unpaired) electrons. The number of hydrogen-bond acceptors (Lipinski definition) is 4. The molecule has 1 aromatic carbocycles. The van der Waals surface area contributed by atoms with Gasteiger partial charge in [-0.15, -0.1) is 0 Å². The zero-order valence-corrected chi connectivity index (χ0v) is 10.1. The van der Waals surface area contributed by atoms with E-state index in [1.54, 1.807) is 12.1 Å². The molecule has 0 aliphatic rings. The number of nitrogens with zero attached hydrogens (tertiary/aromatic N) is 1. The zero-order chi connectivity index (χ0) is 12.3. The number of phenols is 1. The minimum Gasteiger partial charge on any atom is -0.506 e. The van der Waals surface area contributed by atoms with E-state index in [0.29, 0.717) is 0 Å². The van der Waals surface area contributed by atoms with Gasteiger partial charge in [0.2, 0.25) is 0 Å². The van der Waals surface area contributed by atoms with Gasteiger partial charge in [0.1, 0.15) is 17.2 Å². The van der Waals surface area contributed by atoms with E-state index in [-0.39, 0.29) is 17.2 Å². The van der Waals surface area contributed by atoms with E-state index < -0.39 is 10.2 Å². The highest BCUT2D eigenvalue weighted by Crippen LogP contribution is 2.34. The van der Waals surface area contributed by atoms with Crippen LogP contribution >= 0.6 is 0 Å². The highest BCUT2D eigenvalue weighted by Gasteiger charge is 2.18. The topological polar surface area (TPSA) is 78.9 Å². The summed E-state index contributed by atoms with van der Waals surface area (Å²) in [4.78, 5) is 0. The smallest absolute Gasteiger partial charge is 0.301 e. The molecule has 90 valence electrons. The Morgan fingerprint density at radius 2 is 2.00 bits per heavy atom. The fraction of sp³-hybridized carbons (Fsp3) is 0.333. The lowest BCUT2D eigenvalue weighted by Crippen LogP contribution is -2.29. The summed E-state index contributed by atoms with van der Waals surface area (Å²) < 4.78 is 31.3. The second-order valence-corrected chi connectivity index (χ2v) is 5.13. The molecule has 0 amide bonds. The van der Waals surface area contributed by atoms with Gasteiger partial charge in [0.15, 0.2) is 0 Å². The molecule has 0 aliphatic heterocycles. The number of anilines is 1. The van der Waals surface area contributed by atoms with Gasteiger partial charge < -0.3 is 9.84 Å². The van der Waals surface area contributed by atoms with Crippen LogP contribution in [-0.4, -0.2) is 39.0 Å². The van der Waals surface area contributed by atoms with Crippen molar-refractivity contribution in [3.05, 3.63) is 18.2 Å². The molecule has 0 saturated heterocycles. The summed E-state index contributed by atoms with van der Waals surface area (Å²) in [5.74, 6) is 0.0650. The van der Waals surface area contributed by atoms with Crippen molar-refractivity contribution < 1.29 is 18.3 Å². The van der Waals surface area contributed by atoms with Crippen molar-refractivity contribution in [2.75, 3.05) is 25.9 Å². The summed E-state index contributed by atoms with van der Waals surface area (Å²) in [6.07, 6.45) is 0. The van der Waals surface area contributed by atoms with Gasteiger partial charge in [-0.05, 0) is 12.1 Å². The van der Waals surface area contributed by atoms with Crippen LogP contribution in [0.3, 0.4) is 0 Å². The minimum atomic E-state index is -3.66. The standard InChI is InChI=1S/C9H14N2O4S/c1-11(2)16(13,14)10-9-7(12)5-4-6-8(9)15-3/h4-6,10,12H,1-3H3. The Bertz CT molecular complexity index is 470. The molecule has 0 heterocycles. The molecule has 2 N–H and O–H groups in total. The largest absolute Gasteiger partial charge is 0.506 e. The number of ether oxygens (including phenoxy) is 1. The predicted molar refractivity (Wildman–Crippen MR) is 60.9 cm³/mol. The van der Waals surface area contributed by atoms with E-state index in [9.17, 15) is 13.5 Å². The average molecular weight is 246 g/mol. The number of aromatic hydroxyl groups is 1. The molecule has 0 atom stereocenters. The van der Waals surface area contributed by atoms with Crippen LogP contribution in [0.25, 0.3) is 0 Å². The summed E-state index contributed by atoms with van der Waals surface area (Å²) in [6.45, 7) is 0. The second-order valence-electron chi connectivity index (χ2n) is 3.24. The molecule has 0 unspecified atom stereocenters. The van der Waals surface area contributed by atoms with E-state index in [1.807, 2.05) is 0 Å². The van der Waals surface area contributed by atoms with Gasteiger partial charge in [-0.2, -0.15) is 12.7 Å². The molecule has 1 aromatic rings. The fourth-order valence-corrected chi connectivity index (χ4v) is 1.66. The monoisotopic (exact) mass is 246 g/mol. The highest BCUT2D eigenvalue weighted by molar-refractivity contribution is 7.90. The number of hydrogen-bond donors (Lipinski definition) is 2. The number of para-hydroxylation sites is 1. The lowest BCUT2D eigenvalue weighted by atomic mass is 10.3. The molecule has 6 nitrogen and oxygen atoms in total. The number of rotatable bonds is 4. The van der Waals surface area contributed by atoms with Gasteiger partial charge in [0.25, 0.3) is 0 Å². The van der Waals surface area contributed by atoms with Crippen molar-refractivity contribution >= 4 is 15.9 Å². The van der Waals surface area contributed by atoms with Crippen molar-refractivity contribution in [1.29, 1.82) is 0 Å². The molecule has 0 fully saturated rings. The van der Waals surface area contributed by atoms with E-state index in [0.717, 1.165) is 4.31 Å². The van der Waals surface area contributed by atoms with E-state index in [4.69, 9.17) is 4.74 Å². The molecule has 0 aliphatic carbocycles. The van der Waals surface area contributed by atoms with Gasteiger partial charge in [-0.25, -0.2) is 0 Å². The highest BCUT2D eigenvalue weighted by atomic mass is 32.2. The van der Waals surface area contributed by atoms with Crippen LogP contribution in [0.2, 0.25) is 0 Å². The summed E-state index contributed by atoms with van der Waals surface area (Å²) in [5.41, 5.74) is 0.0266. The molecule has 7 heteroatoms. The summed E-state index contributed by atoms with van der Waals surface area (Å²) >= 11 is 0. The maximum Gasteiger partial charge on any atom is 0.301 e. The van der Waals surface area contributed by atoms with Gasteiger partial charge >= 0.3 is 10.2 Å². The first-order chi connectivity index (χ1) is 7.38. The van der Waals surface area contributed by atoms with Crippen molar-refractivity contribution in [2.24, 2.45) is 0 Å². The molecule has 16 heavy (non-hydrogen) atoms. The molecule has 0 saturated carbocycles.